The van der Waals surface area contributed by atoms with Crippen molar-refractivity contribution in [1.29, 1.82) is 0 Å². The molecule has 1 N–H and O–H groups in total. The predicted molar refractivity (Wildman–Crippen MR) is 95.7 cm³/mol. The van der Waals surface area contributed by atoms with E-state index in [2.05, 4.69) is 5.32 Å². The first-order valence-corrected chi connectivity index (χ1v) is 8.25. The van der Waals surface area contributed by atoms with Crippen LogP contribution in [0, 0.1) is 0 Å². The van der Waals surface area contributed by atoms with Crippen LogP contribution in [0.25, 0.3) is 0 Å². The van der Waals surface area contributed by atoms with E-state index in [0.717, 1.165) is 11.3 Å². The molecule has 0 radical (unpaired) electrons. The van der Waals surface area contributed by atoms with Gasteiger partial charge in [0.25, 0.3) is 0 Å². The second kappa shape index (κ2) is 8.23. The number of ether oxygens (including phenoxy) is 3. The normalized spacial score (nSPS) is 12.9. The fourth-order valence-electron chi connectivity index (χ4n) is 2.01. The van der Waals surface area contributed by atoms with Crippen molar-refractivity contribution in [3.63, 3.8) is 0 Å². The maximum atomic E-state index is 12.5. The fraction of sp³-hybridized carbons (Fsp3) is 0.579. The van der Waals surface area contributed by atoms with Crippen LogP contribution in [-0.2, 0) is 20.7 Å². The lowest BCUT2D eigenvalue weighted by atomic mass is 10.1. The van der Waals surface area contributed by atoms with E-state index in [4.69, 9.17) is 14.2 Å². The van der Waals surface area contributed by atoms with Gasteiger partial charge in [0.15, 0.2) is 0 Å². The summed E-state index contributed by atoms with van der Waals surface area (Å²) in [4.78, 5) is 24.5. The molecular weight excluding hydrogens is 322 g/mol. The Morgan fingerprint density at radius 2 is 1.48 bits per heavy atom. The van der Waals surface area contributed by atoms with E-state index in [0.29, 0.717) is 0 Å². The molecule has 0 fully saturated rings. The monoisotopic (exact) mass is 351 g/mol. The van der Waals surface area contributed by atoms with Gasteiger partial charge < -0.3 is 19.5 Å². The van der Waals surface area contributed by atoms with Crippen LogP contribution in [0.2, 0.25) is 0 Å². The minimum atomic E-state index is -0.845. The predicted octanol–water partition coefficient (Wildman–Crippen LogP) is 3.47. The number of carbonyl (C=O) groups is 2. The molecule has 1 aromatic carbocycles. The van der Waals surface area contributed by atoms with Gasteiger partial charge in [-0.1, -0.05) is 12.1 Å². The number of hydrogen-bond donors (Lipinski definition) is 1. The molecule has 0 aliphatic rings. The van der Waals surface area contributed by atoms with Crippen LogP contribution in [0.1, 0.15) is 47.1 Å². The highest BCUT2D eigenvalue weighted by atomic mass is 16.6. The van der Waals surface area contributed by atoms with Gasteiger partial charge in [0.05, 0.1) is 7.11 Å². The molecule has 1 unspecified atom stereocenters. The van der Waals surface area contributed by atoms with Crippen LogP contribution in [-0.4, -0.2) is 36.4 Å². The van der Waals surface area contributed by atoms with Gasteiger partial charge in [-0.3, -0.25) is 0 Å². The zero-order valence-corrected chi connectivity index (χ0v) is 16.1. The molecule has 0 saturated heterocycles. The second-order valence-corrected chi connectivity index (χ2v) is 7.78. The molecule has 0 aromatic heterocycles. The largest absolute Gasteiger partial charge is 0.497 e. The number of alkyl carbamates (subject to hydrolysis) is 1. The van der Waals surface area contributed by atoms with Crippen molar-refractivity contribution in [3.8, 4) is 5.75 Å². The Kier molecular flexibility index (Phi) is 6.85. The summed E-state index contributed by atoms with van der Waals surface area (Å²) in [6, 6.07) is 6.44. The fourth-order valence-corrected chi connectivity index (χ4v) is 2.01. The van der Waals surface area contributed by atoms with Crippen molar-refractivity contribution in [2.45, 2.75) is 65.2 Å². The second-order valence-electron chi connectivity index (χ2n) is 7.78. The molecule has 0 aliphatic heterocycles. The number of methoxy groups -OCH3 is 1. The molecular formula is C19H29NO5. The Hall–Kier alpha value is -2.24. The van der Waals surface area contributed by atoms with Crippen molar-refractivity contribution < 1.29 is 23.8 Å². The number of hydrogen-bond acceptors (Lipinski definition) is 5. The minimum Gasteiger partial charge on any atom is -0.497 e. The Balaban J connectivity index is 2.89. The van der Waals surface area contributed by atoms with Crippen molar-refractivity contribution in [3.05, 3.63) is 29.8 Å². The number of esters is 1. The van der Waals surface area contributed by atoms with Gasteiger partial charge in [0.1, 0.15) is 23.0 Å². The van der Waals surface area contributed by atoms with Gasteiger partial charge in [0, 0.05) is 6.42 Å². The lowest BCUT2D eigenvalue weighted by Crippen LogP contribution is -2.47. The van der Waals surface area contributed by atoms with Crippen molar-refractivity contribution in [2.75, 3.05) is 7.11 Å². The van der Waals surface area contributed by atoms with Gasteiger partial charge in [-0.15, -0.1) is 0 Å². The first-order chi connectivity index (χ1) is 11.4. The molecule has 6 heteroatoms. The summed E-state index contributed by atoms with van der Waals surface area (Å²) in [5, 5.41) is 2.61. The molecule has 1 aromatic rings. The SMILES string of the molecule is COc1ccc(CC(NC(=O)OC(C)(C)C)C(=O)OC(C)(C)C)cc1. The van der Waals surface area contributed by atoms with Crippen molar-refractivity contribution >= 4 is 12.1 Å². The van der Waals surface area contributed by atoms with Crippen LogP contribution in [0.4, 0.5) is 4.79 Å². The molecule has 0 heterocycles. The van der Waals surface area contributed by atoms with Crippen molar-refractivity contribution in [2.24, 2.45) is 0 Å². The average Bonchev–Trinajstić information content (AvgIpc) is 2.43. The topological polar surface area (TPSA) is 73.9 Å². The first kappa shape index (κ1) is 20.8. The molecule has 0 aliphatic carbocycles. The number of benzene rings is 1. The average molecular weight is 351 g/mol. The maximum Gasteiger partial charge on any atom is 0.408 e. The third-order valence-electron chi connectivity index (χ3n) is 2.98. The quantitative estimate of drug-likeness (QED) is 0.822. The van der Waals surface area contributed by atoms with E-state index in [9.17, 15) is 9.59 Å². The summed E-state index contributed by atoms with van der Waals surface area (Å²) >= 11 is 0. The van der Waals surface area contributed by atoms with Gasteiger partial charge in [-0.25, -0.2) is 9.59 Å². The molecule has 0 saturated carbocycles. The third-order valence-corrected chi connectivity index (χ3v) is 2.98. The summed E-state index contributed by atoms with van der Waals surface area (Å²) in [7, 11) is 1.59. The smallest absolute Gasteiger partial charge is 0.408 e. The van der Waals surface area contributed by atoms with Gasteiger partial charge >= 0.3 is 12.1 Å². The Morgan fingerprint density at radius 3 is 1.92 bits per heavy atom. The lowest BCUT2D eigenvalue weighted by Gasteiger charge is -2.26. The van der Waals surface area contributed by atoms with Crippen LogP contribution in [0.5, 0.6) is 5.75 Å². The highest BCUT2D eigenvalue weighted by molar-refractivity contribution is 5.82. The van der Waals surface area contributed by atoms with E-state index in [-0.39, 0.29) is 6.42 Å². The van der Waals surface area contributed by atoms with E-state index in [1.54, 1.807) is 60.8 Å². The number of carbonyl (C=O) groups excluding carboxylic acids is 2. The van der Waals surface area contributed by atoms with Crippen LogP contribution in [0.3, 0.4) is 0 Å². The molecule has 0 bridgehead atoms. The summed E-state index contributed by atoms with van der Waals surface area (Å²) in [5.74, 6) is 0.215. The van der Waals surface area contributed by atoms with E-state index >= 15 is 0 Å². The number of amides is 1. The summed E-state index contributed by atoms with van der Waals surface area (Å²) in [6.45, 7) is 10.6. The van der Waals surface area contributed by atoms with E-state index in [1.807, 2.05) is 12.1 Å². The van der Waals surface area contributed by atoms with Gasteiger partial charge in [-0.05, 0) is 59.2 Å². The highest BCUT2D eigenvalue weighted by Crippen LogP contribution is 2.16. The van der Waals surface area contributed by atoms with Gasteiger partial charge in [0.2, 0.25) is 0 Å². The minimum absolute atomic E-state index is 0.290. The molecule has 1 amide bonds. The van der Waals surface area contributed by atoms with Crippen molar-refractivity contribution in [1.82, 2.24) is 5.32 Å². The van der Waals surface area contributed by atoms with Crippen LogP contribution < -0.4 is 10.1 Å². The number of rotatable bonds is 5. The molecule has 0 spiro atoms. The Labute approximate surface area is 149 Å². The summed E-state index contributed by atoms with van der Waals surface area (Å²) < 4.78 is 15.8. The maximum absolute atomic E-state index is 12.5. The standard InChI is InChI=1S/C19H29NO5/c1-18(2,3)24-16(21)15(20-17(22)25-19(4,5)6)12-13-8-10-14(23-7)11-9-13/h8-11,15H,12H2,1-7H3,(H,20,22). The van der Waals surface area contributed by atoms with Crippen LogP contribution >= 0.6 is 0 Å². The number of nitrogens with one attached hydrogen (secondary N) is 1. The summed E-state index contributed by atoms with van der Waals surface area (Å²) in [5.41, 5.74) is -0.430. The summed E-state index contributed by atoms with van der Waals surface area (Å²) in [6.07, 6.45) is -0.366. The van der Waals surface area contributed by atoms with Crippen LogP contribution in [0.15, 0.2) is 24.3 Å². The molecule has 6 nitrogen and oxygen atoms in total. The highest BCUT2D eigenvalue weighted by Gasteiger charge is 2.28. The molecule has 1 atom stereocenters. The van der Waals surface area contributed by atoms with E-state index < -0.39 is 29.3 Å². The molecule has 25 heavy (non-hydrogen) atoms. The first-order valence-electron chi connectivity index (χ1n) is 8.25. The Bertz CT molecular complexity index is 581. The van der Waals surface area contributed by atoms with Gasteiger partial charge in [-0.2, -0.15) is 0 Å². The molecule has 1 rings (SSSR count). The lowest BCUT2D eigenvalue weighted by molar-refractivity contribution is -0.157. The zero-order chi connectivity index (χ0) is 19.3. The Morgan fingerprint density at radius 1 is 0.960 bits per heavy atom. The zero-order valence-electron chi connectivity index (χ0n) is 16.1. The molecule has 140 valence electrons. The third kappa shape index (κ3) is 8.42. The van der Waals surface area contributed by atoms with E-state index in [1.165, 1.54) is 0 Å².